The monoisotopic (exact) mass is 282 g/mol. The molecule has 1 amide bonds. The molecule has 0 aromatic heterocycles. The molecule has 0 saturated carbocycles. The predicted octanol–water partition coefficient (Wildman–Crippen LogP) is 2.55. The Balaban J connectivity index is 2.42. The second-order valence-electron chi connectivity index (χ2n) is 3.46. The van der Waals surface area contributed by atoms with Crippen LogP contribution < -0.4 is 10.6 Å². The summed E-state index contributed by atoms with van der Waals surface area (Å²) in [7, 11) is 0. The number of hydrogen-bond donors (Lipinski definition) is 2. The summed E-state index contributed by atoms with van der Waals surface area (Å²) < 4.78 is 0.942. The molecule has 0 fully saturated rings. The molecule has 0 radical (unpaired) electrons. The Bertz CT molecular complexity index is 379. The lowest BCUT2D eigenvalue weighted by molar-refractivity contribution is -0.115. The van der Waals surface area contributed by atoms with Gasteiger partial charge in [-0.3, -0.25) is 4.79 Å². The van der Waals surface area contributed by atoms with Crippen LogP contribution in [0.25, 0.3) is 0 Å². The Labute approximate surface area is 104 Å². The van der Waals surface area contributed by atoms with Crippen LogP contribution in [0.15, 0.2) is 41.4 Å². The minimum atomic E-state index is -0.0631. The largest absolute Gasteiger partial charge is 0.325 e. The number of carbonyl (C=O) groups excluding carboxylic acids is 1. The number of benzene rings is 1. The summed E-state index contributed by atoms with van der Waals surface area (Å²) in [6.45, 7) is 5.86. The third-order valence-electron chi connectivity index (χ3n) is 2.05. The van der Waals surface area contributed by atoms with Crippen LogP contribution in [0.1, 0.15) is 6.92 Å². The molecule has 0 aliphatic carbocycles. The first kappa shape index (κ1) is 12.9. The number of carbonyl (C=O) groups is 1. The van der Waals surface area contributed by atoms with Crippen molar-refractivity contribution in [1.29, 1.82) is 0 Å². The average Bonchev–Trinajstić information content (AvgIpc) is 2.26. The summed E-state index contributed by atoms with van der Waals surface area (Å²) in [6, 6.07) is 7.62. The van der Waals surface area contributed by atoms with E-state index in [1.165, 1.54) is 0 Å². The maximum atomic E-state index is 11.5. The van der Waals surface area contributed by atoms with Gasteiger partial charge in [0.15, 0.2) is 0 Å². The van der Waals surface area contributed by atoms with Gasteiger partial charge in [-0.05, 0) is 25.1 Å². The van der Waals surface area contributed by atoms with Crippen molar-refractivity contribution in [2.75, 3.05) is 11.9 Å². The molecule has 0 saturated heterocycles. The minimum absolute atomic E-state index is 0.0631. The lowest BCUT2D eigenvalue weighted by atomic mass is 10.3. The molecule has 0 heterocycles. The fourth-order valence-corrected chi connectivity index (χ4v) is 1.51. The molecule has 0 bridgehead atoms. The normalized spacial score (nSPS) is 11.9. The van der Waals surface area contributed by atoms with Crippen molar-refractivity contribution in [3.63, 3.8) is 0 Å². The second-order valence-corrected chi connectivity index (χ2v) is 4.38. The molecule has 3 nitrogen and oxygen atoms in total. The van der Waals surface area contributed by atoms with Gasteiger partial charge in [-0.15, -0.1) is 6.58 Å². The van der Waals surface area contributed by atoms with Gasteiger partial charge in [0.25, 0.3) is 0 Å². The first-order valence-electron chi connectivity index (χ1n) is 5.03. The van der Waals surface area contributed by atoms with Crippen LogP contribution in [0.5, 0.6) is 0 Å². The van der Waals surface area contributed by atoms with E-state index in [1.54, 1.807) is 6.08 Å². The molecule has 1 unspecified atom stereocenters. The van der Waals surface area contributed by atoms with Crippen molar-refractivity contribution < 1.29 is 4.79 Å². The van der Waals surface area contributed by atoms with Crippen molar-refractivity contribution >= 4 is 27.5 Å². The number of rotatable bonds is 5. The van der Waals surface area contributed by atoms with Crippen LogP contribution in [0.4, 0.5) is 5.69 Å². The van der Waals surface area contributed by atoms with Gasteiger partial charge in [-0.25, -0.2) is 0 Å². The number of hydrogen-bond acceptors (Lipinski definition) is 2. The van der Waals surface area contributed by atoms with E-state index in [9.17, 15) is 4.79 Å². The quantitative estimate of drug-likeness (QED) is 0.815. The first-order chi connectivity index (χ1) is 7.61. The van der Waals surface area contributed by atoms with E-state index in [2.05, 4.69) is 33.1 Å². The molecule has 0 spiro atoms. The van der Waals surface area contributed by atoms with Gasteiger partial charge in [0.2, 0.25) is 5.91 Å². The van der Waals surface area contributed by atoms with Gasteiger partial charge in [-0.2, -0.15) is 0 Å². The van der Waals surface area contributed by atoms with E-state index < -0.39 is 0 Å². The minimum Gasteiger partial charge on any atom is -0.325 e. The number of amides is 1. The van der Waals surface area contributed by atoms with E-state index >= 15 is 0 Å². The fourth-order valence-electron chi connectivity index (χ4n) is 1.11. The topological polar surface area (TPSA) is 41.1 Å². The van der Waals surface area contributed by atoms with Crippen molar-refractivity contribution in [1.82, 2.24) is 5.32 Å². The Morgan fingerprint density at radius 3 is 3.00 bits per heavy atom. The van der Waals surface area contributed by atoms with Crippen molar-refractivity contribution in [2.24, 2.45) is 0 Å². The molecule has 1 aromatic carbocycles. The lowest BCUT2D eigenvalue weighted by Gasteiger charge is -2.09. The zero-order chi connectivity index (χ0) is 12.0. The van der Waals surface area contributed by atoms with E-state index in [0.29, 0.717) is 0 Å². The van der Waals surface area contributed by atoms with E-state index in [0.717, 1.165) is 10.2 Å². The van der Waals surface area contributed by atoms with Gasteiger partial charge < -0.3 is 10.6 Å². The van der Waals surface area contributed by atoms with E-state index in [1.807, 2.05) is 31.2 Å². The molecule has 0 aliphatic heterocycles. The maximum Gasteiger partial charge on any atom is 0.238 e. The van der Waals surface area contributed by atoms with Crippen LogP contribution in [0, 0.1) is 0 Å². The number of halogens is 1. The SMILES string of the molecule is C=CC(C)NCC(=O)Nc1cccc(Br)c1. The number of anilines is 1. The van der Waals surface area contributed by atoms with Crippen molar-refractivity contribution in [3.8, 4) is 0 Å². The summed E-state index contributed by atoms with van der Waals surface area (Å²) in [4.78, 5) is 11.5. The molecule has 16 heavy (non-hydrogen) atoms. The molecule has 1 aromatic rings. The van der Waals surface area contributed by atoms with E-state index in [4.69, 9.17) is 0 Å². The standard InChI is InChI=1S/C12H15BrN2O/c1-3-9(2)14-8-12(16)15-11-6-4-5-10(13)7-11/h3-7,9,14H,1,8H2,2H3,(H,15,16). The Morgan fingerprint density at radius 2 is 2.38 bits per heavy atom. The highest BCUT2D eigenvalue weighted by molar-refractivity contribution is 9.10. The molecular formula is C12H15BrN2O. The van der Waals surface area contributed by atoms with Crippen LogP contribution in [-0.2, 0) is 4.79 Å². The lowest BCUT2D eigenvalue weighted by Crippen LogP contribution is -2.33. The molecule has 2 N–H and O–H groups in total. The summed E-state index contributed by atoms with van der Waals surface area (Å²) >= 11 is 3.35. The third-order valence-corrected chi connectivity index (χ3v) is 2.54. The van der Waals surface area contributed by atoms with Gasteiger partial charge >= 0.3 is 0 Å². The van der Waals surface area contributed by atoms with Crippen LogP contribution in [0.3, 0.4) is 0 Å². The summed E-state index contributed by atoms with van der Waals surface area (Å²) in [5, 5.41) is 5.82. The highest BCUT2D eigenvalue weighted by Gasteiger charge is 2.03. The zero-order valence-electron chi connectivity index (χ0n) is 9.16. The van der Waals surface area contributed by atoms with Gasteiger partial charge in [-0.1, -0.05) is 28.1 Å². The molecule has 1 rings (SSSR count). The van der Waals surface area contributed by atoms with E-state index in [-0.39, 0.29) is 18.5 Å². The Hall–Kier alpha value is -1.13. The van der Waals surface area contributed by atoms with Gasteiger partial charge in [0.05, 0.1) is 6.54 Å². The Morgan fingerprint density at radius 1 is 1.62 bits per heavy atom. The Kier molecular flexibility index (Phi) is 5.22. The van der Waals surface area contributed by atoms with Gasteiger partial charge in [0, 0.05) is 16.2 Å². The van der Waals surface area contributed by atoms with Crippen molar-refractivity contribution in [3.05, 3.63) is 41.4 Å². The number of nitrogens with one attached hydrogen (secondary N) is 2. The van der Waals surface area contributed by atoms with Gasteiger partial charge in [0.1, 0.15) is 0 Å². The van der Waals surface area contributed by atoms with Crippen LogP contribution in [0.2, 0.25) is 0 Å². The zero-order valence-corrected chi connectivity index (χ0v) is 10.8. The molecular weight excluding hydrogens is 268 g/mol. The molecule has 86 valence electrons. The summed E-state index contributed by atoms with van der Waals surface area (Å²) in [6.07, 6.45) is 1.76. The molecule has 1 atom stereocenters. The van der Waals surface area contributed by atoms with Crippen molar-refractivity contribution in [2.45, 2.75) is 13.0 Å². The maximum absolute atomic E-state index is 11.5. The molecule has 4 heteroatoms. The fraction of sp³-hybridized carbons (Fsp3) is 0.250. The van der Waals surface area contributed by atoms with Crippen LogP contribution >= 0.6 is 15.9 Å². The summed E-state index contributed by atoms with van der Waals surface area (Å²) in [5.74, 6) is -0.0631. The second kappa shape index (κ2) is 6.45. The summed E-state index contributed by atoms with van der Waals surface area (Å²) in [5.41, 5.74) is 0.785. The predicted molar refractivity (Wildman–Crippen MR) is 70.4 cm³/mol. The third kappa shape index (κ3) is 4.59. The average molecular weight is 283 g/mol. The highest BCUT2D eigenvalue weighted by atomic mass is 79.9. The first-order valence-corrected chi connectivity index (χ1v) is 5.82. The highest BCUT2D eigenvalue weighted by Crippen LogP contribution is 2.15. The van der Waals surface area contributed by atoms with Crippen LogP contribution in [-0.4, -0.2) is 18.5 Å². The molecule has 0 aliphatic rings. The smallest absolute Gasteiger partial charge is 0.238 e.